The Bertz CT molecular complexity index is 4330. The van der Waals surface area contributed by atoms with Crippen molar-refractivity contribution >= 4 is 66.7 Å². The van der Waals surface area contributed by atoms with Gasteiger partial charge in [-0.15, -0.1) is 0 Å². The normalized spacial score (nSPS) is 12.0. The number of pyridine rings is 1. The lowest BCUT2D eigenvalue weighted by Gasteiger charge is -2.17. The lowest BCUT2D eigenvalue weighted by molar-refractivity contribution is 1.08. The van der Waals surface area contributed by atoms with Gasteiger partial charge in [-0.25, -0.2) is 29.9 Å². The molecule has 0 aliphatic rings. The maximum absolute atomic E-state index is 5.25. The maximum atomic E-state index is 5.25. The molecule has 13 aromatic rings. The number of hydrogen-bond acceptors (Lipinski definition) is 12. The Balaban J connectivity index is 0.993. The Kier molecular flexibility index (Phi) is 10.5. The maximum Gasteiger partial charge on any atom is 0.166 e. The second-order valence-electron chi connectivity index (χ2n) is 17.4. The van der Waals surface area contributed by atoms with Crippen LogP contribution in [-0.2, 0) is 0 Å². The highest BCUT2D eigenvalue weighted by atomic mass is 15.0. The molecule has 0 atom stereocenters. The van der Waals surface area contributed by atoms with Crippen LogP contribution in [0.2, 0.25) is 0 Å². The number of para-hydroxylation sites is 2. The molecule has 0 aliphatic carbocycles. The van der Waals surface area contributed by atoms with Crippen molar-refractivity contribution in [2.24, 2.45) is 4.99 Å². The SMILES string of the molecule is C=N/C=C\C(=C/C)c1ccc(-c2nc(-c3ccc4ccc5c(-c6nc(-c7ccc(-c8ccncc8)cc7)nc(-c7cccc8nccnc78)n6)ccc6ccc3c4c65)nc(-c3cccc4nccnc34)n2)cc1. The number of aliphatic imine (C=N–C) groups is 1. The van der Waals surface area contributed by atoms with E-state index >= 15 is 0 Å². The van der Waals surface area contributed by atoms with Gasteiger partial charge in [0.2, 0.25) is 0 Å². The van der Waals surface area contributed by atoms with Gasteiger partial charge in [0.05, 0.1) is 22.1 Å². The number of aromatic nitrogens is 11. The first-order valence-electron chi connectivity index (χ1n) is 23.6. The van der Waals surface area contributed by atoms with Crippen LogP contribution in [0.3, 0.4) is 0 Å². The number of allylic oxidation sites excluding steroid dienone is 3. The molecule has 12 nitrogen and oxygen atoms in total. The molecule has 0 N–H and O–H groups in total. The molecule has 73 heavy (non-hydrogen) atoms. The standard InChI is InChI=1S/C61H38N12/c1-3-36(26-29-62-2)37-10-14-42(15-11-37)56-68-58(72-60(70-56)48-6-4-8-50-54(48)66-34-32-64-50)46-24-20-40-19-23-45-47(25-21-41-18-22-44(46)52(40)53(41)45)59-69-57(43-16-12-38(13-17-43)39-27-30-63-31-28-39)71-61(73-59)49-7-5-9-51-55(49)67-35-33-65-51/h3-35H,2H2,1H3/b29-26-,36-3+. The van der Waals surface area contributed by atoms with E-state index in [1.165, 1.54) is 0 Å². The summed E-state index contributed by atoms with van der Waals surface area (Å²) in [6.07, 6.45) is 16.0. The van der Waals surface area contributed by atoms with Gasteiger partial charge in [-0.3, -0.25) is 29.9 Å². The number of hydrogen-bond donors (Lipinski definition) is 0. The molecule has 5 heterocycles. The monoisotopic (exact) mass is 938 g/mol. The molecule has 13 rings (SSSR count). The number of rotatable bonds is 10. The second-order valence-corrected chi connectivity index (χ2v) is 17.4. The quantitative estimate of drug-likeness (QED) is 0.0731. The van der Waals surface area contributed by atoms with Gasteiger partial charge in [-0.1, -0.05) is 103 Å². The first kappa shape index (κ1) is 42.9. The summed E-state index contributed by atoms with van der Waals surface area (Å²) in [5.74, 6) is 3.10. The topological polar surface area (TPSA) is 154 Å². The van der Waals surface area contributed by atoms with Crippen molar-refractivity contribution in [3.8, 4) is 79.5 Å². The third-order valence-corrected chi connectivity index (χ3v) is 13.2. The van der Waals surface area contributed by atoms with Gasteiger partial charge in [0, 0.05) is 76.8 Å². The van der Waals surface area contributed by atoms with Crippen molar-refractivity contribution < 1.29 is 0 Å². The fourth-order valence-corrected chi connectivity index (χ4v) is 9.69. The zero-order valence-corrected chi connectivity index (χ0v) is 39.1. The molecule has 0 saturated carbocycles. The molecule has 0 bridgehead atoms. The molecule has 0 radical (unpaired) electrons. The summed E-state index contributed by atoms with van der Waals surface area (Å²) in [6.45, 7) is 5.59. The summed E-state index contributed by atoms with van der Waals surface area (Å²) in [6, 6.07) is 49.4. The predicted octanol–water partition coefficient (Wildman–Crippen LogP) is 13.5. The van der Waals surface area contributed by atoms with Gasteiger partial charge in [-0.2, -0.15) is 0 Å². The van der Waals surface area contributed by atoms with Gasteiger partial charge in [0.15, 0.2) is 34.9 Å². The van der Waals surface area contributed by atoms with Crippen LogP contribution in [0.1, 0.15) is 12.5 Å². The molecular weight excluding hydrogens is 901 g/mol. The number of fused-ring (bicyclic) bond motifs is 2. The van der Waals surface area contributed by atoms with Crippen LogP contribution in [0.25, 0.3) is 139 Å². The first-order valence-corrected chi connectivity index (χ1v) is 23.6. The van der Waals surface area contributed by atoms with E-state index in [4.69, 9.17) is 39.9 Å². The van der Waals surface area contributed by atoms with Crippen LogP contribution in [0.5, 0.6) is 0 Å². The molecule has 12 heteroatoms. The smallest absolute Gasteiger partial charge is 0.166 e. The molecule has 342 valence electrons. The predicted molar refractivity (Wildman–Crippen MR) is 291 cm³/mol. The second kappa shape index (κ2) is 18.0. The van der Waals surface area contributed by atoms with Gasteiger partial charge >= 0.3 is 0 Å². The van der Waals surface area contributed by atoms with Crippen LogP contribution in [0.15, 0.2) is 206 Å². The van der Waals surface area contributed by atoms with E-state index in [2.05, 4.69) is 112 Å². The summed E-state index contributed by atoms with van der Waals surface area (Å²) in [5.41, 5.74) is 12.0. The fourth-order valence-electron chi connectivity index (χ4n) is 9.69. The van der Waals surface area contributed by atoms with Crippen LogP contribution in [0.4, 0.5) is 0 Å². The average molecular weight is 939 g/mol. The van der Waals surface area contributed by atoms with Crippen molar-refractivity contribution in [1.29, 1.82) is 0 Å². The Morgan fingerprint density at radius 2 is 0.849 bits per heavy atom. The average Bonchev–Trinajstić information content (AvgIpc) is 3.46. The number of benzene rings is 8. The minimum atomic E-state index is 0.489. The molecule has 0 fully saturated rings. The van der Waals surface area contributed by atoms with Gasteiger partial charge in [0.25, 0.3) is 0 Å². The van der Waals surface area contributed by atoms with E-state index in [-0.39, 0.29) is 0 Å². The molecule has 0 spiro atoms. The summed E-state index contributed by atoms with van der Waals surface area (Å²) >= 11 is 0. The lowest BCUT2D eigenvalue weighted by Crippen LogP contribution is -2.02. The third-order valence-electron chi connectivity index (χ3n) is 13.2. The highest BCUT2D eigenvalue weighted by Gasteiger charge is 2.22. The molecule has 0 unspecified atom stereocenters. The fraction of sp³-hybridized carbons (Fsp3) is 0.0164. The van der Waals surface area contributed by atoms with E-state index in [0.717, 1.165) is 99.0 Å². The molecule has 0 amide bonds. The Labute approximate surface area is 417 Å². The van der Waals surface area contributed by atoms with Crippen LogP contribution < -0.4 is 0 Å². The molecule has 0 aliphatic heterocycles. The van der Waals surface area contributed by atoms with Crippen molar-refractivity contribution in [1.82, 2.24) is 54.8 Å². The van der Waals surface area contributed by atoms with Gasteiger partial charge in [0.1, 0.15) is 0 Å². The zero-order valence-electron chi connectivity index (χ0n) is 39.1. The van der Waals surface area contributed by atoms with Gasteiger partial charge in [-0.05, 0) is 123 Å². The van der Waals surface area contributed by atoms with E-state index in [9.17, 15) is 0 Å². The Morgan fingerprint density at radius 3 is 1.36 bits per heavy atom. The van der Waals surface area contributed by atoms with E-state index in [1.54, 1.807) is 43.4 Å². The zero-order chi connectivity index (χ0) is 48.8. The third kappa shape index (κ3) is 7.67. The van der Waals surface area contributed by atoms with Gasteiger partial charge < -0.3 is 0 Å². The molecule has 0 saturated heterocycles. The van der Waals surface area contributed by atoms with E-state index < -0.39 is 0 Å². The van der Waals surface area contributed by atoms with Crippen LogP contribution in [-0.4, -0.2) is 61.5 Å². The first-order chi connectivity index (χ1) is 36.1. The largest absolute Gasteiger partial charge is 0.272 e. The van der Waals surface area contributed by atoms with Crippen molar-refractivity contribution in [3.05, 3.63) is 207 Å². The number of nitrogens with zero attached hydrogens (tertiary/aromatic N) is 12. The summed E-state index contributed by atoms with van der Waals surface area (Å²) in [4.78, 5) is 58.0. The highest BCUT2D eigenvalue weighted by Crippen LogP contribution is 2.43. The summed E-state index contributed by atoms with van der Waals surface area (Å²) in [5, 5.41) is 6.28. The molecular formula is C61H38N12. The lowest BCUT2D eigenvalue weighted by atomic mass is 9.89. The Morgan fingerprint density at radius 1 is 0.411 bits per heavy atom. The minimum absolute atomic E-state index is 0.489. The van der Waals surface area contributed by atoms with Crippen molar-refractivity contribution in [2.75, 3.05) is 0 Å². The summed E-state index contributed by atoms with van der Waals surface area (Å²) < 4.78 is 0. The van der Waals surface area contributed by atoms with E-state index in [1.807, 2.05) is 79.7 Å². The van der Waals surface area contributed by atoms with E-state index in [0.29, 0.717) is 46.0 Å². The van der Waals surface area contributed by atoms with Crippen molar-refractivity contribution in [2.45, 2.75) is 6.92 Å². The van der Waals surface area contributed by atoms with Crippen molar-refractivity contribution in [3.63, 3.8) is 0 Å². The molecule has 5 aromatic heterocycles. The molecule has 8 aromatic carbocycles. The Hall–Kier alpha value is -10.2. The van der Waals surface area contributed by atoms with Crippen LogP contribution in [0, 0.1) is 0 Å². The minimum Gasteiger partial charge on any atom is -0.272 e. The highest BCUT2D eigenvalue weighted by molar-refractivity contribution is 6.27. The summed E-state index contributed by atoms with van der Waals surface area (Å²) in [7, 11) is 0. The van der Waals surface area contributed by atoms with Crippen LogP contribution >= 0.6 is 0 Å².